The number of carbonyl (C=O) groups excluding carboxylic acids is 1. The van der Waals surface area contributed by atoms with Gasteiger partial charge in [-0.15, -0.1) is 24.0 Å². The summed E-state index contributed by atoms with van der Waals surface area (Å²) in [5.41, 5.74) is 1.12. The lowest BCUT2D eigenvalue weighted by Gasteiger charge is -2.22. The summed E-state index contributed by atoms with van der Waals surface area (Å²) in [4.78, 5) is 18.4. The van der Waals surface area contributed by atoms with Crippen molar-refractivity contribution in [3.8, 4) is 0 Å². The molecule has 0 spiro atoms. The molecule has 0 saturated carbocycles. The molecular weight excluding hydrogens is 451 g/mol. The number of aliphatic imine (C=N–C) groups is 1. The van der Waals surface area contributed by atoms with Gasteiger partial charge in [0.1, 0.15) is 0 Å². The molecule has 7 heteroatoms. The average Bonchev–Trinajstić information content (AvgIpc) is 2.53. The van der Waals surface area contributed by atoms with Crippen LogP contribution >= 0.6 is 35.6 Å². The highest BCUT2D eigenvalue weighted by Gasteiger charge is 2.08. The van der Waals surface area contributed by atoms with E-state index in [1.165, 1.54) is 0 Å². The van der Waals surface area contributed by atoms with Crippen molar-refractivity contribution in [1.29, 1.82) is 0 Å². The molecule has 5 nitrogen and oxygen atoms in total. The second-order valence-corrected chi connectivity index (χ2v) is 6.28. The maximum absolute atomic E-state index is 11.8. The standard InChI is InChI=1S/C18H29ClN4O.HI/c1-5-14(3)22-17(24)10-11-21-18(20-6-2)23(4)13-15-8-7-9-16(19)12-15;/h7-9,12,14H,5-6,10-11,13H2,1-4H3,(H,20,21)(H,22,24);1H. The fraction of sp³-hybridized carbons (Fsp3) is 0.556. The molecule has 2 N–H and O–H groups in total. The van der Waals surface area contributed by atoms with Gasteiger partial charge in [-0.2, -0.15) is 0 Å². The SMILES string of the molecule is CCNC(=NCCC(=O)NC(C)CC)N(C)Cc1cccc(Cl)c1.I. The van der Waals surface area contributed by atoms with Crippen LogP contribution in [0.4, 0.5) is 0 Å². The fourth-order valence-corrected chi connectivity index (χ4v) is 2.38. The van der Waals surface area contributed by atoms with Crippen LogP contribution in [0.15, 0.2) is 29.3 Å². The van der Waals surface area contributed by atoms with Crippen LogP contribution < -0.4 is 10.6 Å². The van der Waals surface area contributed by atoms with Gasteiger partial charge in [0.15, 0.2) is 5.96 Å². The summed E-state index contributed by atoms with van der Waals surface area (Å²) in [5, 5.41) is 6.93. The first kappa shape index (κ1) is 24.0. The molecule has 0 fully saturated rings. The van der Waals surface area contributed by atoms with Gasteiger partial charge in [-0.3, -0.25) is 9.79 Å². The van der Waals surface area contributed by atoms with E-state index in [9.17, 15) is 4.79 Å². The first-order valence-electron chi connectivity index (χ1n) is 8.49. The van der Waals surface area contributed by atoms with Crippen LogP contribution in [0.3, 0.4) is 0 Å². The molecule has 1 atom stereocenters. The molecule has 1 amide bonds. The van der Waals surface area contributed by atoms with Gasteiger partial charge >= 0.3 is 0 Å². The molecule has 0 aliphatic carbocycles. The van der Waals surface area contributed by atoms with Gasteiger partial charge < -0.3 is 15.5 Å². The maximum atomic E-state index is 11.8. The summed E-state index contributed by atoms with van der Waals surface area (Å²) in [6.07, 6.45) is 1.32. The minimum atomic E-state index is 0. The monoisotopic (exact) mass is 480 g/mol. The average molecular weight is 481 g/mol. The molecule has 0 heterocycles. The molecule has 1 aromatic carbocycles. The van der Waals surface area contributed by atoms with Crippen LogP contribution in [0.2, 0.25) is 5.02 Å². The molecule has 1 rings (SSSR count). The second kappa shape index (κ2) is 13.2. The van der Waals surface area contributed by atoms with Crippen molar-refractivity contribution in [2.45, 2.75) is 46.2 Å². The number of guanidine groups is 1. The molecule has 25 heavy (non-hydrogen) atoms. The number of carbonyl (C=O) groups is 1. The van der Waals surface area contributed by atoms with E-state index >= 15 is 0 Å². The lowest BCUT2D eigenvalue weighted by molar-refractivity contribution is -0.121. The number of amides is 1. The van der Waals surface area contributed by atoms with Gasteiger partial charge in [-0.05, 0) is 38.0 Å². The second-order valence-electron chi connectivity index (χ2n) is 5.85. The number of nitrogens with zero attached hydrogens (tertiary/aromatic N) is 2. The van der Waals surface area contributed by atoms with Gasteiger partial charge in [0, 0.05) is 37.6 Å². The Labute approximate surface area is 173 Å². The molecule has 0 saturated heterocycles. The highest BCUT2D eigenvalue weighted by atomic mass is 127. The Morgan fingerprint density at radius 3 is 2.68 bits per heavy atom. The van der Waals surface area contributed by atoms with Crippen LogP contribution in [0, 0.1) is 0 Å². The van der Waals surface area contributed by atoms with Gasteiger partial charge in [0.05, 0.1) is 6.54 Å². The van der Waals surface area contributed by atoms with Gasteiger partial charge in [0.25, 0.3) is 0 Å². The minimum absolute atomic E-state index is 0. The first-order chi connectivity index (χ1) is 11.5. The fourth-order valence-electron chi connectivity index (χ4n) is 2.17. The smallest absolute Gasteiger partial charge is 0.222 e. The zero-order chi connectivity index (χ0) is 17.9. The topological polar surface area (TPSA) is 56.7 Å². The molecule has 1 unspecified atom stereocenters. The van der Waals surface area contributed by atoms with E-state index in [2.05, 4.69) is 22.5 Å². The van der Waals surface area contributed by atoms with E-state index in [0.29, 0.717) is 19.5 Å². The Morgan fingerprint density at radius 2 is 2.08 bits per heavy atom. The normalized spacial score (nSPS) is 12.1. The van der Waals surface area contributed by atoms with E-state index in [1.807, 2.05) is 50.1 Å². The summed E-state index contributed by atoms with van der Waals surface area (Å²) in [6, 6.07) is 7.99. The summed E-state index contributed by atoms with van der Waals surface area (Å²) in [5.74, 6) is 0.829. The van der Waals surface area contributed by atoms with Crippen molar-refractivity contribution in [2.75, 3.05) is 20.1 Å². The molecule has 142 valence electrons. The number of hydrogen-bond donors (Lipinski definition) is 2. The van der Waals surface area contributed by atoms with Crippen LogP contribution in [0.5, 0.6) is 0 Å². The Bertz CT molecular complexity index is 554. The lowest BCUT2D eigenvalue weighted by Crippen LogP contribution is -2.39. The van der Waals surface area contributed by atoms with Gasteiger partial charge in [0.2, 0.25) is 5.91 Å². The van der Waals surface area contributed by atoms with Crippen molar-refractivity contribution >= 4 is 47.4 Å². The van der Waals surface area contributed by atoms with Crippen LogP contribution in [-0.4, -0.2) is 42.9 Å². The third-order valence-electron chi connectivity index (χ3n) is 3.63. The van der Waals surface area contributed by atoms with E-state index in [1.54, 1.807) is 0 Å². The van der Waals surface area contributed by atoms with Crippen LogP contribution in [0.1, 0.15) is 39.2 Å². The number of hydrogen-bond acceptors (Lipinski definition) is 2. The van der Waals surface area contributed by atoms with Gasteiger partial charge in [-0.1, -0.05) is 30.7 Å². The van der Waals surface area contributed by atoms with E-state index in [-0.39, 0.29) is 35.9 Å². The highest BCUT2D eigenvalue weighted by molar-refractivity contribution is 14.0. The lowest BCUT2D eigenvalue weighted by atomic mass is 10.2. The molecular formula is C18H30ClIN4O. The predicted octanol–water partition coefficient (Wildman–Crippen LogP) is 3.66. The Morgan fingerprint density at radius 1 is 1.36 bits per heavy atom. The number of benzene rings is 1. The molecule has 1 aromatic rings. The van der Waals surface area contributed by atoms with E-state index in [0.717, 1.165) is 29.5 Å². The predicted molar refractivity (Wildman–Crippen MR) is 117 cm³/mol. The Hall–Kier alpha value is -1.02. The van der Waals surface area contributed by atoms with Crippen molar-refractivity contribution in [3.05, 3.63) is 34.9 Å². The highest BCUT2D eigenvalue weighted by Crippen LogP contribution is 2.12. The minimum Gasteiger partial charge on any atom is -0.357 e. The number of nitrogens with one attached hydrogen (secondary N) is 2. The zero-order valence-electron chi connectivity index (χ0n) is 15.5. The van der Waals surface area contributed by atoms with Crippen molar-refractivity contribution in [3.63, 3.8) is 0 Å². The quantitative estimate of drug-likeness (QED) is 0.339. The van der Waals surface area contributed by atoms with Crippen molar-refractivity contribution < 1.29 is 4.79 Å². The van der Waals surface area contributed by atoms with Crippen molar-refractivity contribution in [2.24, 2.45) is 4.99 Å². The summed E-state index contributed by atoms with van der Waals surface area (Å²) >= 11 is 6.03. The molecule has 0 radical (unpaired) electrons. The Kier molecular flexibility index (Phi) is 12.7. The van der Waals surface area contributed by atoms with Crippen molar-refractivity contribution in [1.82, 2.24) is 15.5 Å². The van der Waals surface area contributed by atoms with E-state index < -0.39 is 0 Å². The molecule has 0 bridgehead atoms. The Balaban J connectivity index is 0.00000576. The summed E-state index contributed by atoms with van der Waals surface area (Å²) in [6.45, 7) is 8.02. The maximum Gasteiger partial charge on any atom is 0.222 e. The van der Waals surface area contributed by atoms with Gasteiger partial charge in [-0.25, -0.2) is 0 Å². The molecule has 0 aliphatic heterocycles. The van der Waals surface area contributed by atoms with Crippen LogP contribution in [0.25, 0.3) is 0 Å². The molecule has 0 aromatic heterocycles. The first-order valence-corrected chi connectivity index (χ1v) is 8.87. The van der Waals surface area contributed by atoms with Crippen LogP contribution in [-0.2, 0) is 11.3 Å². The van der Waals surface area contributed by atoms with E-state index in [4.69, 9.17) is 11.6 Å². The number of halogens is 2. The number of rotatable bonds is 8. The zero-order valence-corrected chi connectivity index (χ0v) is 18.6. The third kappa shape index (κ3) is 9.89. The summed E-state index contributed by atoms with van der Waals surface area (Å²) in [7, 11) is 1.97. The third-order valence-corrected chi connectivity index (χ3v) is 3.86. The largest absolute Gasteiger partial charge is 0.357 e. The molecule has 0 aliphatic rings. The summed E-state index contributed by atoms with van der Waals surface area (Å²) < 4.78 is 0.